The van der Waals surface area contributed by atoms with Crippen LogP contribution in [0.2, 0.25) is 0 Å². The largest absolute Gasteiger partial charge is 0.623 e. The lowest BCUT2D eigenvalue weighted by Crippen LogP contribution is -2.20. The summed E-state index contributed by atoms with van der Waals surface area (Å²) in [7, 11) is 1.61. The highest BCUT2D eigenvalue weighted by Gasteiger charge is 2.18. The maximum Gasteiger partial charge on any atom is 0.211 e. The lowest BCUT2D eigenvalue weighted by molar-refractivity contribution is -0.509. The Hall–Kier alpha value is -1.35. The summed E-state index contributed by atoms with van der Waals surface area (Å²) in [4.78, 5) is 0. The van der Waals surface area contributed by atoms with E-state index in [1.165, 1.54) is 0 Å². The molecule has 0 radical (unpaired) electrons. The van der Waals surface area contributed by atoms with Crippen LogP contribution in [0.15, 0.2) is 30.3 Å². The summed E-state index contributed by atoms with van der Waals surface area (Å²) in [6, 6.07) is 9.44. The van der Waals surface area contributed by atoms with E-state index in [0.717, 1.165) is 10.3 Å². The van der Waals surface area contributed by atoms with E-state index in [4.69, 9.17) is 4.74 Å². The molecule has 0 heterocycles. The van der Waals surface area contributed by atoms with Crippen LogP contribution in [0, 0.1) is 11.1 Å². The number of ether oxygens (including phenoxy) is 1. The number of hydrogen-bond donors (Lipinski definition) is 0. The molecule has 0 amide bonds. The molecule has 0 aromatic heterocycles. The summed E-state index contributed by atoms with van der Waals surface area (Å²) in [5, 5.41) is 11.9. The van der Waals surface area contributed by atoms with Gasteiger partial charge in [-0.1, -0.05) is 44.2 Å². The Morgan fingerprint density at radius 1 is 1.31 bits per heavy atom. The van der Waals surface area contributed by atoms with E-state index in [1.807, 2.05) is 44.2 Å². The van der Waals surface area contributed by atoms with Crippen LogP contribution in [0.1, 0.15) is 25.5 Å². The number of rotatable bonds is 5. The normalized spacial score (nSPS) is 14.1. The van der Waals surface area contributed by atoms with Crippen molar-refractivity contribution in [2.75, 3.05) is 13.7 Å². The minimum Gasteiger partial charge on any atom is -0.623 e. The zero-order chi connectivity index (χ0) is 12.0. The molecule has 0 saturated heterocycles. The third-order valence-electron chi connectivity index (χ3n) is 2.26. The molecule has 0 fully saturated rings. The van der Waals surface area contributed by atoms with Crippen LogP contribution in [-0.4, -0.2) is 24.7 Å². The zero-order valence-corrected chi connectivity index (χ0v) is 10.1. The van der Waals surface area contributed by atoms with E-state index >= 15 is 0 Å². The topological polar surface area (TPSA) is 35.3 Å². The van der Waals surface area contributed by atoms with Gasteiger partial charge in [-0.05, 0) is 0 Å². The van der Waals surface area contributed by atoms with Gasteiger partial charge in [0, 0.05) is 18.6 Å². The SMILES string of the molecule is COC[C@H](c1ccccc1)/[N+]([O-])=C/C(C)C. The van der Waals surface area contributed by atoms with E-state index in [1.54, 1.807) is 13.3 Å². The van der Waals surface area contributed by atoms with Crippen molar-refractivity contribution < 1.29 is 9.48 Å². The van der Waals surface area contributed by atoms with Gasteiger partial charge in [-0.25, -0.2) is 4.74 Å². The van der Waals surface area contributed by atoms with Gasteiger partial charge < -0.3 is 9.94 Å². The van der Waals surface area contributed by atoms with Gasteiger partial charge in [-0.15, -0.1) is 0 Å². The van der Waals surface area contributed by atoms with E-state index in [0.29, 0.717) is 6.61 Å². The smallest absolute Gasteiger partial charge is 0.211 e. The summed E-state index contributed by atoms with van der Waals surface area (Å²) in [6.07, 6.45) is 1.68. The molecule has 0 saturated carbocycles. The van der Waals surface area contributed by atoms with Gasteiger partial charge in [0.2, 0.25) is 6.04 Å². The van der Waals surface area contributed by atoms with Crippen molar-refractivity contribution in [2.24, 2.45) is 5.92 Å². The highest BCUT2D eigenvalue weighted by molar-refractivity contribution is 5.54. The van der Waals surface area contributed by atoms with Gasteiger partial charge in [0.1, 0.15) is 6.61 Å². The molecule has 16 heavy (non-hydrogen) atoms. The summed E-state index contributed by atoms with van der Waals surface area (Å²) >= 11 is 0. The summed E-state index contributed by atoms with van der Waals surface area (Å²) in [5.74, 6) is 0.237. The van der Waals surface area contributed by atoms with Gasteiger partial charge in [0.05, 0.1) is 0 Å². The molecular formula is C13H19NO2. The van der Waals surface area contributed by atoms with Crippen LogP contribution in [0.25, 0.3) is 0 Å². The Balaban J connectivity index is 2.91. The molecule has 0 bridgehead atoms. The predicted molar refractivity (Wildman–Crippen MR) is 65.6 cm³/mol. The molecule has 0 aliphatic carbocycles. The molecule has 1 aromatic carbocycles. The van der Waals surface area contributed by atoms with Gasteiger partial charge in [0.15, 0.2) is 6.21 Å². The van der Waals surface area contributed by atoms with Gasteiger partial charge >= 0.3 is 0 Å². The summed E-state index contributed by atoms with van der Waals surface area (Å²) in [5.41, 5.74) is 0.983. The third kappa shape index (κ3) is 3.66. The lowest BCUT2D eigenvalue weighted by atomic mass is 10.1. The first-order valence-corrected chi connectivity index (χ1v) is 5.49. The van der Waals surface area contributed by atoms with Crippen LogP contribution >= 0.6 is 0 Å². The van der Waals surface area contributed by atoms with Crippen LogP contribution in [0.3, 0.4) is 0 Å². The molecule has 88 valence electrons. The van der Waals surface area contributed by atoms with Crippen molar-refractivity contribution in [3.05, 3.63) is 41.1 Å². The second-order valence-electron chi connectivity index (χ2n) is 4.13. The monoisotopic (exact) mass is 221 g/mol. The highest BCUT2D eigenvalue weighted by Crippen LogP contribution is 2.16. The van der Waals surface area contributed by atoms with Crippen molar-refractivity contribution >= 4 is 6.21 Å². The number of benzene rings is 1. The second kappa shape index (κ2) is 6.28. The van der Waals surface area contributed by atoms with Crippen LogP contribution < -0.4 is 0 Å². The Bertz CT molecular complexity index is 333. The first kappa shape index (κ1) is 12.7. The number of methoxy groups -OCH3 is 1. The van der Waals surface area contributed by atoms with Crippen molar-refractivity contribution in [1.29, 1.82) is 0 Å². The molecule has 0 aliphatic rings. The van der Waals surface area contributed by atoms with Gasteiger partial charge in [0.25, 0.3) is 0 Å². The van der Waals surface area contributed by atoms with Crippen LogP contribution in [-0.2, 0) is 4.74 Å². The van der Waals surface area contributed by atoms with Crippen molar-refractivity contribution in [2.45, 2.75) is 19.9 Å². The molecule has 3 heteroatoms. The summed E-state index contributed by atoms with van der Waals surface area (Å²) < 4.78 is 6.09. The Kier molecular flexibility index (Phi) is 4.99. The fourth-order valence-corrected chi connectivity index (χ4v) is 1.55. The number of hydroxylamine groups is 1. The van der Waals surface area contributed by atoms with E-state index in [-0.39, 0.29) is 12.0 Å². The molecule has 0 spiro atoms. The molecule has 1 rings (SSSR count). The van der Waals surface area contributed by atoms with Gasteiger partial charge in [-0.2, -0.15) is 0 Å². The van der Waals surface area contributed by atoms with E-state index in [9.17, 15) is 5.21 Å². The average molecular weight is 221 g/mol. The van der Waals surface area contributed by atoms with Crippen LogP contribution in [0.4, 0.5) is 0 Å². The maximum atomic E-state index is 11.9. The molecule has 0 N–H and O–H groups in total. The average Bonchev–Trinajstić information content (AvgIpc) is 2.26. The first-order chi connectivity index (χ1) is 7.65. The van der Waals surface area contributed by atoms with Crippen molar-refractivity contribution in [3.63, 3.8) is 0 Å². The van der Waals surface area contributed by atoms with Gasteiger partial charge in [-0.3, -0.25) is 0 Å². The second-order valence-corrected chi connectivity index (χ2v) is 4.13. The molecule has 0 unspecified atom stereocenters. The molecule has 0 aliphatic heterocycles. The minimum atomic E-state index is -0.256. The van der Waals surface area contributed by atoms with E-state index in [2.05, 4.69) is 0 Å². The summed E-state index contributed by atoms with van der Waals surface area (Å²) in [6.45, 7) is 4.37. The zero-order valence-electron chi connectivity index (χ0n) is 10.1. The Morgan fingerprint density at radius 3 is 2.44 bits per heavy atom. The Morgan fingerprint density at radius 2 is 1.94 bits per heavy atom. The quantitative estimate of drug-likeness (QED) is 0.331. The number of nitrogens with zero attached hydrogens (tertiary/aromatic N) is 1. The minimum absolute atomic E-state index is 0.237. The Labute approximate surface area is 97.0 Å². The van der Waals surface area contributed by atoms with Crippen LogP contribution in [0.5, 0.6) is 0 Å². The predicted octanol–water partition coefficient (Wildman–Crippen LogP) is 2.61. The maximum absolute atomic E-state index is 11.9. The standard InChI is InChI=1S/C13H19NO2/c1-11(2)9-14(15)13(10-16-3)12-7-5-4-6-8-12/h4-9,11,13H,10H2,1-3H3/b14-9-/t13-/m1/s1. The fraction of sp³-hybridized carbons (Fsp3) is 0.462. The molecule has 1 aromatic rings. The fourth-order valence-electron chi connectivity index (χ4n) is 1.55. The van der Waals surface area contributed by atoms with Crippen molar-refractivity contribution in [3.8, 4) is 0 Å². The third-order valence-corrected chi connectivity index (χ3v) is 2.26. The van der Waals surface area contributed by atoms with E-state index < -0.39 is 0 Å². The highest BCUT2D eigenvalue weighted by atomic mass is 16.5. The lowest BCUT2D eigenvalue weighted by Gasteiger charge is -2.17. The molecule has 3 nitrogen and oxygen atoms in total. The first-order valence-electron chi connectivity index (χ1n) is 5.49. The molecule has 1 atom stereocenters. The number of hydrogen-bond acceptors (Lipinski definition) is 2. The molecular weight excluding hydrogens is 202 g/mol. The van der Waals surface area contributed by atoms with Crippen molar-refractivity contribution in [1.82, 2.24) is 0 Å².